The number of aliphatic carboxylic acids is 1. The largest absolute Gasteiger partial charge is 0.480 e. The van der Waals surface area contributed by atoms with Gasteiger partial charge in [0.25, 0.3) is 0 Å². The molecule has 0 unspecified atom stereocenters. The third-order valence-electron chi connectivity index (χ3n) is 2.71. The van der Waals surface area contributed by atoms with Crippen LogP contribution < -0.4 is 0 Å². The SMILES string of the molecule is CCCCN(C)C(=O)N(CC(=O)O)C1CC1. The van der Waals surface area contributed by atoms with E-state index >= 15 is 0 Å². The molecule has 0 atom stereocenters. The quantitative estimate of drug-likeness (QED) is 0.747. The van der Waals surface area contributed by atoms with Crippen molar-refractivity contribution in [3.8, 4) is 0 Å². The second-order valence-electron chi connectivity index (χ2n) is 4.31. The maximum atomic E-state index is 12.0. The molecule has 1 fully saturated rings. The summed E-state index contributed by atoms with van der Waals surface area (Å²) in [4.78, 5) is 25.7. The minimum Gasteiger partial charge on any atom is -0.480 e. The molecule has 2 amide bonds. The Morgan fingerprint density at radius 1 is 1.38 bits per heavy atom. The highest BCUT2D eigenvalue weighted by Gasteiger charge is 2.35. The van der Waals surface area contributed by atoms with Crippen molar-refractivity contribution in [2.75, 3.05) is 20.1 Å². The predicted molar refractivity (Wildman–Crippen MR) is 60.3 cm³/mol. The molecule has 1 N–H and O–H groups in total. The van der Waals surface area contributed by atoms with E-state index in [0.717, 1.165) is 25.7 Å². The van der Waals surface area contributed by atoms with E-state index in [4.69, 9.17) is 5.11 Å². The van der Waals surface area contributed by atoms with Gasteiger partial charge in [0.2, 0.25) is 0 Å². The van der Waals surface area contributed by atoms with Gasteiger partial charge in [0.05, 0.1) is 0 Å². The molecule has 1 rings (SSSR count). The lowest BCUT2D eigenvalue weighted by molar-refractivity contribution is -0.137. The molecule has 5 nitrogen and oxygen atoms in total. The van der Waals surface area contributed by atoms with Crippen LogP contribution in [-0.4, -0.2) is 53.1 Å². The highest BCUT2D eigenvalue weighted by atomic mass is 16.4. The molecule has 16 heavy (non-hydrogen) atoms. The van der Waals surface area contributed by atoms with Crippen molar-refractivity contribution in [2.24, 2.45) is 0 Å². The fraction of sp³-hybridized carbons (Fsp3) is 0.818. The number of carboxylic acid groups (broad SMARTS) is 1. The molecule has 0 aliphatic heterocycles. The summed E-state index contributed by atoms with van der Waals surface area (Å²) in [6.07, 6.45) is 3.84. The highest BCUT2D eigenvalue weighted by Crippen LogP contribution is 2.27. The number of hydrogen-bond donors (Lipinski definition) is 1. The zero-order valence-corrected chi connectivity index (χ0v) is 9.98. The van der Waals surface area contributed by atoms with E-state index in [0.29, 0.717) is 6.54 Å². The molecule has 0 heterocycles. The normalized spacial score (nSPS) is 14.6. The Balaban J connectivity index is 2.49. The molecule has 92 valence electrons. The lowest BCUT2D eigenvalue weighted by atomic mass is 10.3. The van der Waals surface area contributed by atoms with Crippen molar-refractivity contribution >= 4 is 12.0 Å². The van der Waals surface area contributed by atoms with Gasteiger partial charge in [-0.2, -0.15) is 0 Å². The summed E-state index contributed by atoms with van der Waals surface area (Å²) >= 11 is 0. The Morgan fingerprint density at radius 2 is 2.00 bits per heavy atom. The molecule has 0 saturated heterocycles. The first kappa shape index (κ1) is 12.8. The minimum absolute atomic E-state index is 0.146. The fourth-order valence-corrected chi connectivity index (χ4v) is 1.60. The van der Waals surface area contributed by atoms with Gasteiger partial charge in [0, 0.05) is 19.6 Å². The number of urea groups is 1. The van der Waals surface area contributed by atoms with Gasteiger partial charge in [0.1, 0.15) is 6.54 Å². The van der Waals surface area contributed by atoms with Crippen LogP contribution >= 0.6 is 0 Å². The molecular weight excluding hydrogens is 208 g/mol. The van der Waals surface area contributed by atoms with Crippen molar-refractivity contribution < 1.29 is 14.7 Å². The van der Waals surface area contributed by atoms with Crippen molar-refractivity contribution in [1.29, 1.82) is 0 Å². The van der Waals surface area contributed by atoms with E-state index in [1.54, 1.807) is 11.9 Å². The number of nitrogens with zero attached hydrogens (tertiary/aromatic N) is 2. The Kier molecular flexibility index (Phi) is 4.58. The van der Waals surface area contributed by atoms with Crippen LogP contribution in [0.2, 0.25) is 0 Å². The molecule has 1 aliphatic rings. The number of rotatable bonds is 6. The molecule has 0 bridgehead atoms. The summed E-state index contributed by atoms with van der Waals surface area (Å²) in [6, 6.07) is -0.00831. The standard InChI is InChI=1S/C11H20N2O3/c1-3-4-7-12(2)11(16)13(8-10(14)15)9-5-6-9/h9H,3-8H2,1-2H3,(H,14,15). The Labute approximate surface area is 96.0 Å². The molecule has 0 aromatic carbocycles. The predicted octanol–water partition coefficient (Wildman–Crippen LogP) is 1.39. The van der Waals surface area contributed by atoms with E-state index in [2.05, 4.69) is 6.92 Å². The second kappa shape index (κ2) is 5.72. The van der Waals surface area contributed by atoms with E-state index < -0.39 is 5.97 Å². The lowest BCUT2D eigenvalue weighted by Gasteiger charge is -2.26. The molecule has 1 aliphatic carbocycles. The summed E-state index contributed by atoms with van der Waals surface area (Å²) in [7, 11) is 1.73. The number of carbonyl (C=O) groups is 2. The molecular formula is C11H20N2O3. The molecule has 0 spiro atoms. The number of amides is 2. The Bertz CT molecular complexity index is 264. The first-order valence-electron chi connectivity index (χ1n) is 5.79. The molecule has 0 aromatic heterocycles. The topological polar surface area (TPSA) is 60.9 Å². The van der Waals surface area contributed by atoms with Crippen molar-refractivity contribution in [2.45, 2.75) is 38.6 Å². The van der Waals surface area contributed by atoms with Gasteiger partial charge in [0.15, 0.2) is 0 Å². The average molecular weight is 228 g/mol. The van der Waals surface area contributed by atoms with E-state index in [1.807, 2.05) is 0 Å². The van der Waals surface area contributed by atoms with Crippen molar-refractivity contribution in [3.05, 3.63) is 0 Å². The van der Waals surface area contributed by atoms with Gasteiger partial charge in [-0.25, -0.2) is 4.79 Å². The minimum atomic E-state index is -0.941. The van der Waals surface area contributed by atoms with Crippen LogP contribution in [0.3, 0.4) is 0 Å². The third kappa shape index (κ3) is 3.72. The molecule has 1 saturated carbocycles. The molecule has 5 heteroatoms. The number of unbranched alkanes of at least 4 members (excludes halogenated alkanes) is 1. The van der Waals surface area contributed by atoms with Gasteiger partial charge in [-0.15, -0.1) is 0 Å². The van der Waals surface area contributed by atoms with Gasteiger partial charge in [-0.05, 0) is 19.3 Å². The van der Waals surface area contributed by atoms with E-state index in [1.165, 1.54) is 4.90 Å². The van der Waals surface area contributed by atoms with Gasteiger partial charge in [-0.1, -0.05) is 13.3 Å². The monoisotopic (exact) mass is 228 g/mol. The third-order valence-corrected chi connectivity index (χ3v) is 2.71. The second-order valence-corrected chi connectivity index (χ2v) is 4.31. The Hall–Kier alpha value is -1.26. The lowest BCUT2D eigenvalue weighted by Crippen LogP contribution is -2.45. The smallest absolute Gasteiger partial charge is 0.323 e. The molecule has 0 aromatic rings. The summed E-state index contributed by atoms with van der Waals surface area (Å²) in [5, 5.41) is 8.75. The zero-order valence-electron chi connectivity index (χ0n) is 9.98. The van der Waals surface area contributed by atoms with E-state index in [-0.39, 0.29) is 18.6 Å². The van der Waals surface area contributed by atoms with E-state index in [9.17, 15) is 9.59 Å². The highest BCUT2D eigenvalue weighted by molar-refractivity contribution is 5.80. The maximum absolute atomic E-state index is 12.0. The maximum Gasteiger partial charge on any atom is 0.323 e. The van der Waals surface area contributed by atoms with Crippen LogP contribution in [0, 0.1) is 0 Å². The van der Waals surface area contributed by atoms with Crippen molar-refractivity contribution in [3.63, 3.8) is 0 Å². The number of hydrogen-bond acceptors (Lipinski definition) is 2. The summed E-state index contributed by atoms with van der Waals surface area (Å²) < 4.78 is 0. The van der Waals surface area contributed by atoms with Gasteiger partial charge in [-0.3, -0.25) is 4.79 Å². The average Bonchev–Trinajstić information content (AvgIpc) is 3.05. The first-order chi connectivity index (χ1) is 7.56. The van der Waals surface area contributed by atoms with Crippen molar-refractivity contribution in [1.82, 2.24) is 9.80 Å². The number of carboxylic acids is 1. The van der Waals surface area contributed by atoms with Crippen LogP contribution in [0.5, 0.6) is 0 Å². The summed E-state index contributed by atoms with van der Waals surface area (Å²) in [5.74, 6) is -0.941. The van der Waals surface area contributed by atoms with Crippen LogP contribution in [-0.2, 0) is 4.79 Å². The summed E-state index contributed by atoms with van der Waals surface area (Å²) in [5.41, 5.74) is 0. The summed E-state index contributed by atoms with van der Waals surface area (Å²) in [6.45, 7) is 2.58. The zero-order chi connectivity index (χ0) is 12.1. The van der Waals surface area contributed by atoms with Crippen LogP contribution in [0.1, 0.15) is 32.6 Å². The van der Waals surface area contributed by atoms with Crippen LogP contribution in [0.4, 0.5) is 4.79 Å². The Morgan fingerprint density at radius 3 is 2.44 bits per heavy atom. The van der Waals surface area contributed by atoms with Gasteiger partial charge < -0.3 is 14.9 Å². The van der Waals surface area contributed by atoms with Crippen LogP contribution in [0.15, 0.2) is 0 Å². The van der Waals surface area contributed by atoms with Crippen LogP contribution in [0.25, 0.3) is 0 Å². The fourth-order valence-electron chi connectivity index (χ4n) is 1.60. The molecule has 0 radical (unpaired) electrons. The first-order valence-corrected chi connectivity index (χ1v) is 5.79. The number of carbonyl (C=O) groups excluding carboxylic acids is 1. The van der Waals surface area contributed by atoms with Gasteiger partial charge >= 0.3 is 12.0 Å².